The van der Waals surface area contributed by atoms with Gasteiger partial charge >= 0.3 is 17.9 Å². The Morgan fingerprint density at radius 2 is 0.864 bits per heavy atom. The van der Waals surface area contributed by atoms with Crippen LogP contribution in [-0.4, -0.2) is 50.9 Å². The minimum atomic E-state index is -0.354. The summed E-state index contributed by atoms with van der Waals surface area (Å²) in [5, 5.41) is 1.93. The number of benzene rings is 5. The molecule has 2 aliphatic rings. The number of carbonyl (C=O) groups is 3. The van der Waals surface area contributed by atoms with Crippen LogP contribution in [-0.2, 0) is 23.9 Å². The summed E-state index contributed by atoms with van der Waals surface area (Å²) in [5.41, 5.74) is 4.93. The van der Waals surface area contributed by atoms with Gasteiger partial charge in [0.25, 0.3) is 0 Å². The first-order valence-electron chi connectivity index (χ1n) is 29.9. The van der Waals surface area contributed by atoms with Gasteiger partial charge in [-0.15, -0.1) is 22.7 Å². The molecule has 0 atom stereocenters. The van der Waals surface area contributed by atoms with E-state index in [1.165, 1.54) is 23.3 Å². The maximum Gasteiger partial charge on any atom is 0.330 e. The van der Waals surface area contributed by atoms with Gasteiger partial charge in [0, 0.05) is 32.7 Å². The Bertz CT molecular complexity index is 3000. The van der Waals surface area contributed by atoms with Crippen LogP contribution in [0.3, 0.4) is 0 Å². The molecule has 0 unspecified atom stereocenters. The molecule has 0 aliphatic heterocycles. The first-order chi connectivity index (χ1) is 39.8. The molecule has 2 saturated carbocycles. The molecule has 0 bridgehead atoms. The van der Waals surface area contributed by atoms with Crippen molar-refractivity contribution in [3.8, 4) is 43.9 Å². The number of ether oxygens (including phenoxy) is 6. The van der Waals surface area contributed by atoms with Crippen molar-refractivity contribution in [2.45, 2.75) is 140 Å². The highest BCUT2D eigenvalue weighted by Crippen LogP contribution is 2.53. The zero-order valence-corrected chi connectivity index (χ0v) is 48.7. The zero-order valence-electron chi connectivity index (χ0n) is 47.1. The fourth-order valence-corrected chi connectivity index (χ4v) is 13.8. The predicted octanol–water partition coefficient (Wildman–Crippen LogP) is 18.6. The molecule has 2 aromatic heterocycles. The summed E-state index contributed by atoms with van der Waals surface area (Å²) in [7, 11) is 0. The molecule has 426 valence electrons. The normalized spacial score (nSPS) is 17.1. The summed E-state index contributed by atoms with van der Waals surface area (Å²) in [6.07, 6.45) is 22.9. The average molecular weight is 1130 g/mol. The molecule has 0 radical (unpaired) electrons. The van der Waals surface area contributed by atoms with Gasteiger partial charge in [0.1, 0.15) is 17.2 Å². The van der Waals surface area contributed by atoms with Crippen molar-refractivity contribution in [2.75, 3.05) is 33.0 Å². The second-order valence-electron chi connectivity index (χ2n) is 21.9. The molecule has 0 saturated heterocycles. The monoisotopic (exact) mass is 1130 g/mol. The Morgan fingerprint density at radius 1 is 0.457 bits per heavy atom. The lowest BCUT2D eigenvalue weighted by molar-refractivity contribution is -0.140. The summed E-state index contributed by atoms with van der Waals surface area (Å²) >= 11 is 3.40. The number of thiophene rings is 2. The van der Waals surface area contributed by atoms with E-state index in [0.29, 0.717) is 56.5 Å². The van der Waals surface area contributed by atoms with Crippen LogP contribution in [0.1, 0.15) is 151 Å². The van der Waals surface area contributed by atoms with Gasteiger partial charge in [0.2, 0.25) is 0 Å². The van der Waals surface area contributed by atoms with Crippen LogP contribution in [0.4, 0.5) is 0 Å². The molecule has 81 heavy (non-hydrogen) atoms. The molecule has 9 nitrogen and oxygen atoms in total. The van der Waals surface area contributed by atoms with Crippen LogP contribution in [0, 0.1) is 11.8 Å². The lowest BCUT2D eigenvalue weighted by Gasteiger charge is -2.29. The molecule has 7 aromatic rings. The Labute approximate surface area is 487 Å². The SMILES string of the molecule is C=CC(=O)OCCCCCCCCOc1ccc(C2CCC(COc3c4cc(-c5ccccc5)sc4c(OC(=O)C4CCC(c5ccc(OCCCCCCCCOC(=O)C=C)cc5)CC4)c4cc(-c5ccccc5)sc34)CC2)cc1. The lowest BCUT2D eigenvalue weighted by Crippen LogP contribution is -2.25. The van der Waals surface area contributed by atoms with Crippen LogP contribution in [0.5, 0.6) is 23.0 Å². The first-order valence-corrected chi connectivity index (χ1v) is 31.5. The Balaban J connectivity index is 0.802. The smallest absolute Gasteiger partial charge is 0.330 e. The molecular formula is C70H80O9S2. The Hall–Kier alpha value is -6.69. The van der Waals surface area contributed by atoms with Crippen LogP contribution >= 0.6 is 22.7 Å². The number of esters is 3. The van der Waals surface area contributed by atoms with E-state index in [2.05, 4.69) is 122 Å². The van der Waals surface area contributed by atoms with E-state index in [9.17, 15) is 14.4 Å². The third-order valence-corrected chi connectivity index (χ3v) is 18.6. The molecule has 11 heteroatoms. The third-order valence-electron chi connectivity index (χ3n) is 16.2. The lowest BCUT2D eigenvalue weighted by atomic mass is 9.79. The Morgan fingerprint density at radius 3 is 1.32 bits per heavy atom. The van der Waals surface area contributed by atoms with Crippen LogP contribution in [0.15, 0.2) is 147 Å². The van der Waals surface area contributed by atoms with Crippen LogP contribution in [0.25, 0.3) is 41.1 Å². The summed E-state index contributed by atoms with van der Waals surface area (Å²) in [6.45, 7) is 9.82. The molecule has 0 N–H and O–H groups in total. The topological polar surface area (TPSA) is 107 Å². The van der Waals surface area contributed by atoms with Crippen molar-refractivity contribution < 1.29 is 42.8 Å². The van der Waals surface area contributed by atoms with Gasteiger partial charge in [-0.25, -0.2) is 9.59 Å². The molecule has 0 amide bonds. The molecule has 2 heterocycles. The number of carbonyl (C=O) groups excluding carboxylic acids is 3. The predicted molar refractivity (Wildman–Crippen MR) is 330 cm³/mol. The molecule has 5 aromatic carbocycles. The van der Waals surface area contributed by atoms with E-state index in [0.717, 1.165) is 187 Å². The van der Waals surface area contributed by atoms with E-state index in [1.54, 1.807) is 22.7 Å². The molecule has 0 spiro atoms. The largest absolute Gasteiger partial charge is 0.494 e. The van der Waals surface area contributed by atoms with Crippen LogP contribution < -0.4 is 18.9 Å². The van der Waals surface area contributed by atoms with E-state index in [-0.39, 0.29) is 23.8 Å². The van der Waals surface area contributed by atoms with Gasteiger partial charge < -0.3 is 28.4 Å². The minimum Gasteiger partial charge on any atom is -0.494 e. The second kappa shape index (κ2) is 30.9. The summed E-state index contributed by atoms with van der Waals surface area (Å²) < 4.78 is 38.2. The van der Waals surface area contributed by atoms with E-state index >= 15 is 0 Å². The highest BCUT2D eigenvalue weighted by atomic mass is 32.1. The van der Waals surface area contributed by atoms with E-state index in [1.807, 2.05) is 12.1 Å². The number of rotatable bonds is 31. The summed E-state index contributed by atoms with van der Waals surface area (Å²) in [4.78, 5) is 39.1. The molecule has 9 rings (SSSR count). The quantitative estimate of drug-likeness (QED) is 0.0182. The van der Waals surface area contributed by atoms with Crippen molar-refractivity contribution >= 4 is 60.8 Å². The summed E-state index contributed by atoms with van der Waals surface area (Å²) in [5.74, 6) is 3.65. The highest BCUT2D eigenvalue weighted by molar-refractivity contribution is 7.24. The highest BCUT2D eigenvalue weighted by Gasteiger charge is 2.32. The average Bonchev–Trinajstić information content (AvgIpc) is 4.38. The standard InChI is InChI=1S/C70H80O9S2/c1-3-64(71)76-45-21-11-7-5-9-19-43-74-58-39-35-53(36-40-58)51-29-27-50(28-30-51)49-78-66-60-47-62(55-23-15-13-16-24-55)81-69(60)67(61-48-63(80-68(61)66)56-25-17-14-18-26-56)79-70(73)57-33-31-52(32-34-57)54-37-41-59(42-38-54)75-44-20-10-6-8-12-22-46-77-65(72)4-2/h3-4,13-18,23-26,35-42,47-48,50-52,57H,1-2,5-12,19-22,27-34,43-46,49H2. The number of unbranched alkanes of at least 4 members (excludes halogenated alkanes) is 10. The van der Waals surface area contributed by atoms with Crippen molar-refractivity contribution in [3.05, 3.63) is 158 Å². The molecule has 2 aliphatic carbocycles. The molecule has 2 fully saturated rings. The van der Waals surface area contributed by atoms with Gasteiger partial charge in [0.05, 0.1) is 48.4 Å². The third kappa shape index (κ3) is 16.9. The van der Waals surface area contributed by atoms with Crippen molar-refractivity contribution in [3.63, 3.8) is 0 Å². The Kier molecular flexibility index (Phi) is 22.5. The number of fused-ring (bicyclic) bond motifs is 2. The van der Waals surface area contributed by atoms with Gasteiger partial charge in [0.15, 0.2) is 5.75 Å². The first kappa shape index (κ1) is 58.9. The maximum absolute atomic E-state index is 14.5. The fraction of sp³-hybridized carbons (Fsp3) is 0.414. The number of hydrogen-bond donors (Lipinski definition) is 0. The van der Waals surface area contributed by atoms with E-state index < -0.39 is 0 Å². The zero-order chi connectivity index (χ0) is 56.0. The number of hydrogen-bond acceptors (Lipinski definition) is 11. The van der Waals surface area contributed by atoms with Gasteiger partial charge in [-0.1, -0.05) is 149 Å². The maximum atomic E-state index is 14.5. The van der Waals surface area contributed by atoms with Crippen molar-refractivity contribution in [1.82, 2.24) is 0 Å². The van der Waals surface area contributed by atoms with Gasteiger partial charge in [-0.2, -0.15) is 0 Å². The summed E-state index contributed by atoms with van der Waals surface area (Å²) in [6, 6.07) is 42.8. The van der Waals surface area contributed by atoms with Crippen molar-refractivity contribution in [1.29, 1.82) is 0 Å². The van der Waals surface area contributed by atoms with Crippen LogP contribution in [0.2, 0.25) is 0 Å². The van der Waals surface area contributed by atoms with Crippen molar-refractivity contribution in [2.24, 2.45) is 11.8 Å². The van der Waals surface area contributed by atoms with Gasteiger partial charge in [-0.3, -0.25) is 4.79 Å². The second-order valence-corrected chi connectivity index (χ2v) is 24.0. The molecular weight excluding hydrogens is 1050 g/mol. The van der Waals surface area contributed by atoms with Gasteiger partial charge in [-0.05, 0) is 153 Å². The minimum absolute atomic E-state index is 0.148. The van der Waals surface area contributed by atoms with E-state index in [4.69, 9.17) is 28.4 Å². The fourth-order valence-electron chi connectivity index (χ4n) is 11.5.